The van der Waals surface area contributed by atoms with Crippen LogP contribution >= 0.6 is 0 Å². The van der Waals surface area contributed by atoms with E-state index in [-0.39, 0.29) is 24.5 Å². The zero-order chi connectivity index (χ0) is 18.5. The number of rotatable bonds is 10. The summed E-state index contributed by atoms with van der Waals surface area (Å²) in [6.07, 6.45) is 4.47. The molecular formula is C20H28N2O4. The summed E-state index contributed by atoms with van der Waals surface area (Å²) in [5, 5.41) is 12.2. The van der Waals surface area contributed by atoms with Crippen LogP contribution < -0.4 is 10.1 Å². The molecule has 1 aromatic carbocycles. The van der Waals surface area contributed by atoms with Crippen LogP contribution in [0.3, 0.4) is 0 Å². The predicted molar refractivity (Wildman–Crippen MR) is 98.2 cm³/mol. The summed E-state index contributed by atoms with van der Waals surface area (Å²) in [4.78, 5) is 25.4. The quantitative estimate of drug-likeness (QED) is 0.668. The molecule has 0 aliphatic heterocycles. The lowest BCUT2D eigenvalue weighted by atomic mass is 9.85. The Kier molecular flexibility index (Phi) is 6.14. The van der Waals surface area contributed by atoms with E-state index in [4.69, 9.17) is 9.84 Å². The minimum atomic E-state index is -0.770. The van der Waals surface area contributed by atoms with Crippen molar-refractivity contribution in [3.63, 3.8) is 0 Å². The summed E-state index contributed by atoms with van der Waals surface area (Å²) in [6.45, 7) is 3.55. The van der Waals surface area contributed by atoms with Gasteiger partial charge in [-0.05, 0) is 56.2 Å². The number of carbonyl (C=O) groups excluding carboxylic acids is 1. The summed E-state index contributed by atoms with van der Waals surface area (Å²) in [7, 11) is 0. The standard InChI is InChI=1S/C20H28N2O4/c1-2-26-18-7-5-14(6-8-18)9-19(23)21-16-10-17(11-16)22(13-20(24)25)12-15-3-4-15/h5-8,15-17H,2-4,9-13H2,1H3,(H,21,23)(H,24,25). The molecule has 0 heterocycles. The number of hydrogen-bond acceptors (Lipinski definition) is 4. The summed E-state index contributed by atoms with van der Waals surface area (Å²) < 4.78 is 5.40. The van der Waals surface area contributed by atoms with Gasteiger partial charge in [-0.1, -0.05) is 12.1 Å². The molecule has 0 bridgehead atoms. The third kappa shape index (κ3) is 5.46. The van der Waals surface area contributed by atoms with Crippen LogP contribution in [0, 0.1) is 5.92 Å². The van der Waals surface area contributed by atoms with Crippen LogP contribution in [-0.2, 0) is 16.0 Å². The molecule has 2 N–H and O–H groups in total. The number of hydrogen-bond donors (Lipinski definition) is 2. The number of carbonyl (C=O) groups is 2. The van der Waals surface area contributed by atoms with Crippen LogP contribution in [0.4, 0.5) is 0 Å². The van der Waals surface area contributed by atoms with Crippen molar-refractivity contribution in [3.05, 3.63) is 29.8 Å². The Morgan fingerprint density at radius 1 is 1.23 bits per heavy atom. The van der Waals surface area contributed by atoms with Gasteiger partial charge < -0.3 is 15.2 Å². The molecule has 2 fully saturated rings. The third-order valence-corrected chi connectivity index (χ3v) is 5.12. The van der Waals surface area contributed by atoms with E-state index in [1.165, 1.54) is 12.8 Å². The number of nitrogens with one attached hydrogen (secondary N) is 1. The molecule has 1 aromatic rings. The topological polar surface area (TPSA) is 78.9 Å². The first kappa shape index (κ1) is 18.7. The fourth-order valence-corrected chi connectivity index (χ4v) is 3.49. The van der Waals surface area contributed by atoms with E-state index in [1.807, 2.05) is 31.2 Å². The molecule has 0 radical (unpaired) electrons. The first-order valence-corrected chi connectivity index (χ1v) is 9.50. The van der Waals surface area contributed by atoms with E-state index >= 15 is 0 Å². The van der Waals surface area contributed by atoms with Gasteiger partial charge in [-0.3, -0.25) is 14.5 Å². The van der Waals surface area contributed by atoms with Gasteiger partial charge in [0.25, 0.3) is 0 Å². The number of nitrogens with zero attached hydrogens (tertiary/aromatic N) is 1. The smallest absolute Gasteiger partial charge is 0.317 e. The molecule has 142 valence electrons. The second kappa shape index (κ2) is 8.54. The van der Waals surface area contributed by atoms with Crippen LogP contribution in [0.1, 0.15) is 38.2 Å². The van der Waals surface area contributed by atoms with Gasteiger partial charge >= 0.3 is 5.97 Å². The molecule has 2 saturated carbocycles. The van der Waals surface area contributed by atoms with E-state index in [0.29, 0.717) is 18.9 Å². The molecule has 0 saturated heterocycles. The lowest BCUT2D eigenvalue weighted by molar-refractivity contribution is -0.140. The highest BCUT2D eigenvalue weighted by Gasteiger charge is 2.37. The van der Waals surface area contributed by atoms with Crippen molar-refractivity contribution in [2.24, 2.45) is 5.92 Å². The Labute approximate surface area is 154 Å². The largest absolute Gasteiger partial charge is 0.494 e. The Balaban J connectivity index is 1.41. The van der Waals surface area contributed by atoms with Crippen LogP contribution in [0.15, 0.2) is 24.3 Å². The molecule has 0 aromatic heterocycles. The van der Waals surface area contributed by atoms with Gasteiger partial charge in [0.1, 0.15) is 5.75 Å². The maximum atomic E-state index is 12.2. The van der Waals surface area contributed by atoms with Gasteiger partial charge in [-0.2, -0.15) is 0 Å². The SMILES string of the molecule is CCOc1ccc(CC(=O)NC2CC(N(CC(=O)O)CC3CC3)C2)cc1. The lowest BCUT2D eigenvalue weighted by Crippen LogP contribution is -2.55. The van der Waals surface area contributed by atoms with Crippen molar-refractivity contribution in [2.45, 2.75) is 51.1 Å². The first-order chi connectivity index (χ1) is 12.5. The van der Waals surface area contributed by atoms with E-state index in [9.17, 15) is 9.59 Å². The van der Waals surface area contributed by atoms with Gasteiger partial charge in [0.15, 0.2) is 0 Å². The normalized spacial score (nSPS) is 21.9. The van der Waals surface area contributed by atoms with Crippen molar-refractivity contribution < 1.29 is 19.4 Å². The predicted octanol–water partition coefficient (Wildman–Crippen LogP) is 2.07. The molecule has 6 nitrogen and oxygen atoms in total. The first-order valence-electron chi connectivity index (χ1n) is 9.50. The van der Waals surface area contributed by atoms with Crippen molar-refractivity contribution in [1.29, 1.82) is 0 Å². The van der Waals surface area contributed by atoms with Gasteiger partial charge in [0.05, 0.1) is 19.6 Å². The second-order valence-corrected chi connectivity index (χ2v) is 7.41. The number of benzene rings is 1. The van der Waals surface area contributed by atoms with E-state index in [2.05, 4.69) is 10.2 Å². The van der Waals surface area contributed by atoms with Crippen molar-refractivity contribution in [1.82, 2.24) is 10.2 Å². The highest BCUT2D eigenvalue weighted by atomic mass is 16.5. The average molecular weight is 360 g/mol. The number of carboxylic acids is 1. The third-order valence-electron chi connectivity index (χ3n) is 5.12. The Morgan fingerprint density at radius 3 is 2.50 bits per heavy atom. The summed E-state index contributed by atoms with van der Waals surface area (Å²) in [6, 6.07) is 8.03. The molecule has 2 aliphatic carbocycles. The molecule has 1 amide bonds. The van der Waals surface area contributed by atoms with Crippen LogP contribution in [0.2, 0.25) is 0 Å². The maximum Gasteiger partial charge on any atom is 0.317 e. The second-order valence-electron chi connectivity index (χ2n) is 7.41. The van der Waals surface area contributed by atoms with E-state index < -0.39 is 5.97 Å². The Hall–Kier alpha value is -2.08. The van der Waals surface area contributed by atoms with Crippen LogP contribution in [-0.4, -0.2) is 53.7 Å². The summed E-state index contributed by atoms with van der Waals surface area (Å²) in [5.74, 6) is 0.730. The number of amides is 1. The lowest BCUT2D eigenvalue weighted by Gasteiger charge is -2.42. The number of ether oxygens (including phenoxy) is 1. The fourth-order valence-electron chi connectivity index (χ4n) is 3.49. The molecule has 0 unspecified atom stereocenters. The molecule has 26 heavy (non-hydrogen) atoms. The zero-order valence-corrected chi connectivity index (χ0v) is 15.3. The molecular weight excluding hydrogens is 332 g/mol. The monoisotopic (exact) mass is 360 g/mol. The minimum absolute atomic E-state index is 0.0181. The Bertz CT molecular complexity index is 621. The van der Waals surface area contributed by atoms with Gasteiger partial charge in [-0.25, -0.2) is 0 Å². The molecule has 0 spiro atoms. The average Bonchev–Trinajstić information content (AvgIpc) is 3.36. The molecule has 2 aliphatic rings. The van der Waals surface area contributed by atoms with Gasteiger partial charge in [0.2, 0.25) is 5.91 Å². The van der Waals surface area contributed by atoms with Gasteiger partial charge in [0, 0.05) is 18.6 Å². The fraction of sp³-hybridized carbons (Fsp3) is 0.600. The van der Waals surface area contributed by atoms with Crippen molar-refractivity contribution in [3.8, 4) is 5.75 Å². The Morgan fingerprint density at radius 2 is 1.92 bits per heavy atom. The van der Waals surface area contributed by atoms with E-state index in [1.54, 1.807) is 0 Å². The van der Waals surface area contributed by atoms with E-state index in [0.717, 1.165) is 30.7 Å². The minimum Gasteiger partial charge on any atom is -0.494 e. The summed E-state index contributed by atoms with van der Waals surface area (Å²) in [5.41, 5.74) is 0.961. The van der Waals surface area contributed by atoms with Crippen molar-refractivity contribution in [2.75, 3.05) is 19.7 Å². The van der Waals surface area contributed by atoms with Crippen LogP contribution in [0.25, 0.3) is 0 Å². The molecule has 6 heteroatoms. The molecule has 0 atom stereocenters. The van der Waals surface area contributed by atoms with Gasteiger partial charge in [-0.15, -0.1) is 0 Å². The maximum absolute atomic E-state index is 12.2. The number of aliphatic carboxylic acids is 1. The molecule has 3 rings (SSSR count). The summed E-state index contributed by atoms with van der Waals surface area (Å²) >= 11 is 0. The van der Waals surface area contributed by atoms with Crippen LogP contribution in [0.5, 0.6) is 5.75 Å². The highest BCUT2D eigenvalue weighted by Crippen LogP contribution is 2.33. The number of carboxylic acid groups (broad SMARTS) is 1. The van der Waals surface area contributed by atoms with Crippen molar-refractivity contribution >= 4 is 11.9 Å². The highest BCUT2D eigenvalue weighted by molar-refractivity contribution is 5.79. The zero-order valence-electron chi connectivity index (χ0n) is 15.3.